The number of nitrogen functional groups attached to an aromatic ring is 1. The third-order valence-corrected chi connectivity index (χ3v) is 10.5. The summed E-state index contributed by atoms with van der Waals surface area (Å²) in [6, 6.07) is 2.81. The second kappa shape index (κ2) is 14.4. The molecule has 45 heavy (non-hydrogen) atoms. The molecule has 15 nitrogen and oxygen atoms in total. The molecule has 0 spiro atoms. The molecule has 0 bridgehead atoms. The van der Waals surface area contributed by atoms with Crippen LogP contribution >= 0.6 is 46.4 Å². The number of anilines is 1. The predicted molar refractivity (Wildman–Crippen MR) is 162 cm³/mol. The minimum atomic E-state index is -1.46. The van der Waals surface area contributed by atoms with E-state index >= 15 is 0 Å². The van der Waals surface area contributed by atoms with Crippen molar-refractivity contribution in [3.05, 3.63) is 65.2 Å². The summed E-state index contributed by atoms with van der Waals surface area (Å²) in [6.07, 6.45) is 7.12. The van der Waals surface area contributed by atoms with Gasteiger partial charge in [-0.2, -0.15) is 9.36 Å². The zero-order valence-corrected chi connectivity index (χ0v) is 28.9. The number of amides is 2. The Bertz CT molecular complexity index is 1790. The molecule has 0 radical (unpaired) electrons. The smallest absolute Gasteiger partial charge is 0.543 e. The van der Waals surface area contributed by atoms with Gasteiger partial charge < -0.3 is 30.4 Å². The Hall–Kier alpha value is -3.33. The molecular formula is C25H21N10NaO5S4. The molecule has 6 rings (SSSR count). The van der Waals surface area contributed by atoms with E-state index in [0.29, 0.717) is 23.6 Å². The van der Waals surface area contributed by atoms with Crippen LogP contribution in [-0.2, 0) is 25.8 Å². The Morgan fingerprint density at radius 2 is 2.18 bits per heavy atom. The van der Waals surface area contributed by atoms with Crippen molar-refractivity contribution in [3.63, 3.8) is 0 Å². The molecule has 0 unspecified atom stereocenters. The van der Waals surface area contributed by atoms with Gasteiger partial charge >= 0.3 is 29.6 Å². The van der Waals surface area contributed by atoms with E-state index in [1.165, 1.54) is 42.0 Å². The Morgan fingerprint density at radius 3 is 2.89 bits per heavy atom. The molecule has 1 saturated heterocycles. The number of carboxylic acid groups (broad SMARTS) is 1. The van der Waals surface area contributed by atoms with Crippen molar-refractivity contribution in [1.29, 1.82) is 0 Å². The number of imidazole rings is 1. The van der Waals surface area contributed by atoms with Crippen molar-refractivity contribution in [2.24, 2.45) is 5.16 Å². The van der Waals surface area contributed by atoms with Gasteiger partial charge in [0.05, 0.1) is 35.9 Å². The van der Waals surface area contributed by atoms with Crippen LogP contribution in [0.15, 0.2) is 63.2 Å². The fourth-order valence-corrected chi connectivity index (χ4v) is 8.23. The Kier molecular flexibility index (Phi) is 10.6. The molecule has 20 heteroatoms. The first-order valence-corrected chi connectivity index (χ1v) is 16.4. The summed E-state index contributed by atoms with van der Waals surface area (Å²) in [4.78, 5) is 61.2. The van der Waals surface area contributed by atoms with E-state index in [9.17, 15) is 19.5 Å². The number of nitrogens with zero attached hydrogens (tertiary/aromatic N) is 8. The van der Waals surface area contributed by atoms with Crippen molar-refractivity contribution in [2.45, 2.75) is 22.3 Å². The first-order chi connectivity index (χ1) is 21.3. The number of thiazole rings is 1. The Morgan fingerprint density at radius 1 is 1.33 bits per heavy atom. The van der Waals surface area contributed by atoms with Crippen molar-refractivity contribution in [1.82, 2.24) is 39.1 Å². The maximum Gasteiger partial charge on any atom is 1.00 e. The van der Waals surface area contributed by atoms with E-state index in [-0.39, 0.29) is 51.9 Å². The van der Waals surface area contributed by atoms with Gasteiger partial charge in [-0.1, -0.05) is 16.9 Å². The first-order valence-electron chi connectivity index (χ1n) is 12.7. The number of carbonyl (C=O) groups is 3. The van der Waals surface area contributed by atoms with Crippen molar-refractivity contribution in [3.8, 4) is 11.3 Å². The van der Waals surface area contributed by atoms with E-state index in [1.54, 1.807) is 18.7 Å². The summed E-state index contributed by atoms with van der Waals surface area (Å²) in [5.74, 6) is -2.22. The van der Waals surface area contributed by atoms with Gasteiger partial charge in [0.25, 0.3) is 11.8 Å². The molecular weight excluding hydrogens is 672 g/mol. The number of nitrogens with one attached hydrogen (secondary N) is 1. The molecule has 3 N–H and O–H groups in total. The molecule has 0 saturated carbocycles. The molecule has 2 aliphatic rings. The van der Waals surface area contributed by atoms with Gasteiger partial charge in [-0.25, -0.2) is 9.97 Å². The summed E-state index contributed by atoms with van der Waals surface area (Å²) in [5.41, 5.74) is 8.26. The van der Waals surface area contributed by atoms with Gasteiger partial charge in [-0.05, 0) is 17.7 Å². The minimum Gasteiger partial charge on any atom is -0.543 e. The topological polar surface area (TPSA) is 207 Å². The first kappa shape index (κ1) is 33.0. The summed E-state index contributed by atoms with van der Waals surface area (Å²) in [7, 11) is 1.25. The minimum absolute atomic E-state index is 0. The number of carbonyl (C=O) groups excluding carboxylic acids is 3. The van der Waals surface area contributed by atoms with Crippen LogP contribution in [0.3, 0.4) is 0 Å². The SMILES string of the molecule is CO/N=C(/C(=O)N[C@@H]1C(=O)N2C(C(=O)[O-])=C(CSc3nc(Cn4cnc(-c5cccnc5)c4)cs3)CS[C@H]12)c1nsc(N)n1.[Na+]. The molecule has 0 aliphatic carbocycles. The second-order valence-electron chi connectivity index (χ2n) is 9.25. The van der Waals surface area contributed by atoms with Crippen molar-refractivity contribution >= 4 is 75.0 Å². The van der Waals surface area contributed by atoms with Crippen LogP contribution < -0.4 is 45.7 Å². The molecule has 2 amide bonds. The third kappa shape index (κ3) is 7.08. The summed E-state index contributed by atoms with van der Waals surface area (Å²) >= 11 is 5.04. The number of oxime groups is 1. The zero-order valence-electron chi connectivity index (χ0n) is 23.6. The molecule has 0 aromatic carbocycles. The fourth-order valence-electron chi connectivity index (χ4n) is 4.47. The van der Waals surface area contributed by atoms with Gasteiger partial charge in [0.1, 0.15) is 18.5 Å². The number of fused-ring (bicyclic) bond motifs is 1. The summed E-state index contributed by atoms with van der Waals surface area (Å²) in [6.45, 7) is 0.521. The standard InChI is InChI=1S/C25H22N10O5S4.Na/c1-40-32-16(19-31-24(26)44-33-19)20(36)30-17-21(37)35-18(23(38)39)13(8-41-22(17)35)9-42-25-29-14(10-43-25)6-34-7-15(28-11-34)12-3-2-4-27-5-12;/h2-5,7,10-11,17,22H,6,8-9H2,1H3,(H,30,36)(H,38,39)(H2,26,31,33);/q;+1/p-1/b32-16+;/t17-,22-;/m1./s1. The van der Waals surface area contributed by atoms with E-state index in [1.807, 2.05) is 28.3 Å². The number of aliphatic carboxylic acids is 1. The van der Waals surface area contributed by atoms with E-state index < -0.39 is 29.2 Å². The Balaban J connectivity index is 0.00000400. The predicted octanol–water partition coefficient (Wildman–Crippen LogP) is -2.57. The number of aromatic nitrogens is 6. The summed E-state index contributed by atoms with van der Waals surface area (Å²) in [5, 5.41) is 19.9. The monoisotopic (exact) mass is 692 g/mol. The number of carboxylic acids is 1. The zero-order chi connectivity index (χ0) is 30.8. The molecule has 4 aromatic rings. The second-order valence-corrected chi connectivity index (χ2v) is 13.2. The van der Waals surface area contributed by atoms with Crippen LogP contribution in [0, 0.1) is 0 Å². The van der Waals surface area contributed by atoms with Crippen LogP contribution in [-0.4, -0.2) is 87.3 Å². The van der Waals surface area contributed by atoms with Gasteiger partial charge in [-0.15, -0.1) is 23.1 Å². The molecule has 6 heterocycles. The molecule has 2 atom stereocenters. The van der Waals surface area contributed by atoms with E-state index in [2.05, 4.69) is 34.8 Å². The molecule has 1 fully saturated rings. The van der Waals surface area contributed by atoms with Crippen LogP contribution in [0.4, 0.5) is 5.13 Å². The van der Waals surface area contributed by atoms with E-state index in [0.717, 1.165) is 37.7 Å². The van der Waals surface area contributed by atoms with Crippen LogP contribution in [0.1, 0.15) is 11.5 Å². The van der Waals surface area contributed by atoms with Crippen molar-refractivity contribution in [2.75, 3.05) is 24.3 Å². The van der Waals surface area contributed by atoms with Crippen LogP contribution in [0.2, 0.25) is 0 Å². The van der Waals surface area contributed by atoms with Crippen LogP contribution in [0.5, 0.6) is 0 Å². The number of thioether (sulfide) groups is 2. The van der Waals surface area contributed by atoms with Gasteiger partial charge in [0.2, 0.25) is 11.5 Å². The van der Waals surface area contributed by atoms with Gasteiger partial charge in [-0.3, -0.25) is 19.5 Å². The van der Waals surface area contributed by atoms with Gasteiger partial charge in [0.15, 0.2) is 9.47 Å². The quantitative estimate of drug-likeness (QED) is 0.0546. The normalized spacial score (nSPS) is 17.8. The maximum absolute atomic E-state index is 13.1. The largest absolute Gasteiger partial charge is 1.00 e. The fraction of sp³-hybridized carbons (Fsp3) is 0.240. The van der Waals surface area contributed by atoms with Crippen molar-refractivity contribution < 1.29 is 53.9 Å². The average molecular weight is 693 g/mol. The molecule has 4 aromatic heterocycles. The summed E-state index contributed by atoms with van der Waals surface area (Å²) < 4.78 is 6.64. The number of rotatable bonds is 11. The third-order valence-electron chi connectivity index (χ3n) is 6.41. The maximum atomic E-state index is 13.1. The Labute approximate surface area is 294 Å². The number of β-lactam (4-membered cyclic amide) rings is 1. The number of pyridine rings is 1. The van der Waals surface area contributed by atoms with Gasteiger partial charge in [0, 0.05) is 52.6 Å². The molecule has 2 aliphatic heterocycles. The number of nitrogens with two attached hydrogens (primary N) is 1. The number of hydrogen-bond donors (Lipinski definition) is 2. The number of hydrogen-bond acceptors (Lipinski definition) is 16. The molecule has 226 valence electrons. The van der Waals surface area contributed by atoms with E-state index in [4.69, 9.17) is 10.6 Å². The van der Waals surface area contributed by atoms with Crippen LogP contribution in [0.25, 0.3) is 11.3 Å². The average Bonchev–Trinajstić information content (AvgIpc) is 3.79.